The van der Waals surface area contributed by atoms with Crippen LogP contribution in [0.15, 0.2) is 6.07 Å². The van der Waals surface area contributed by atoms with Crippen molar-refractivity contribution in [3.05, 3.63) is 17.5 Å². The van der Waals surface area contributed by atoms with Gasteiger partial charge in [-0.05, 0) is 19.4 Å². The molecule has 21 heavy (non-hydrogen) atoms. The first-order chi connectivity index (χ1) is 9.85. The van der Waals surface area contributed by atoms with E-state index in [-0.39, 0.29) is 23.8 Å². The summed E-state index contributed by atoms with van der Waals surface area (Å²) in [4.78, 5) is 38.3. The molecule has 0 aliphatic heterocycles. The third-order valence-corrected chi connectivity index (χ3v) is 2.71. The minimum atomic E-state index is -1.17. The van der Waals surface area contributed by atoms with E-state index in [2.05, 4.69) is 15.6 Å². The van der Waals surface area contributed by atoms with Crippen molar-refractivity contribution in [2.75, 3.05) is 25.5 Å². The van der Waals surface area contributed by atoms with Gasteiger partial charge >= 0.3 is 12.0 Å². The molecule has 4 N–H and O–H groups in total. The Morgan fingerprint density at radius 1 is 1.38 bits per heavy atom. The average Bonchev–Trinajstić information content (AvgIpc) is 2.77. The number of aromatic amines is 1. The highest BCUT2D eigenvalue weighted by atomic mass is 16.4. The molecule has 0 atom stereocenters. The summed E-state index contributed by atoms with van der Waals surface area (Å²) < 4.78 is 0. The van der Waals surface area contributed by atoms with Gasteiger partial charge in [-0.3, -0.25) is 4.79 Å². The van der Waals surface area contributed by atoms with E-state index in [1.165, 1.54) is 18.0 Å². The van der Waals surface area contributed by atoms with Crippen LogP contribution in [0, 0.1) is 6.92 Å². The third kappa shape index (κ3) is 4.83. The molecular formula is C13H20N4O4. The van der Waals surface area contributed by atoms with Crippen LogP contribution in [-0.2, 0) is 4.79 Å². The number of anilines is 1. The van der Waals surface area contributed by atoms with E-state index in [0.717, 1.165) is 6.42 Å². The van der Waals surface area contributed by atoms with Gasteiger partial charge in [0.2, 0.25) is 5.91 Å². The number of aryl methyl sites for hydroxylation is 1. The monoisotopic (exact) mass is 296 g/mol. The molecule has 8 heteroatoms. The summed E-state index contributed by atoms with van der Waals surface area (Å²) >= 11 is 0. The molecule has 0 saturated carbocycles. The molecule has 3 amide bonds. The Kier molecular flexibility index (Phi) is 5.77. The second-order valence-corrected chi connectivity index (χ2v) is 4.68. The number of hydrogen-bond acceptors (Lipinski definition) is 3. The quantitative estimate of drug-likeness (QED) is 0.627. The lowest BCUT2D eigenvalue weighted by atomic mass is 10.3. The predicted molar refractivity (Wildman–Crippen MR) is 77.4 cm³/mol. The van der Waals surface area contributed by atoms with Crippen molar-refractivity contribution in [1.82, 2.24) is 15.2 Å². The number of rotatable bonds is 6. The van der Waals surface area contributed by atoms with E-state index in [1.54, 1.807) is 6.92 Å². The van der Waals surface area contributed by atoms with E-state index in [9.17, 15) is 14.4 Å². The number of hydrogen-bond donors (Lipinski definition) is 4. The smallest absolute Gasteiger partial charge is 0.354 e. The molecule has 1 heterocycles. The Bertz CT molecular complexity index is 538. The number of urea groups is 1. The highest BCUT2D eigenvalue weighted by Gasteiger charge is 2.18. The first-order valence-electron chi connectivity index (χ1n) is 6.56. The van der Waals surface area contributed by atoms with E-state index in [1.807, 2.05) is 6.92 Å². The Morgan fingerprint density at radius 2 is 2.05 bits per heavy atom. The number of nitrogens with zero attached hydrogens (tertiary/aromatic N) is 1. The largest absolute Gasteiger partial charge is 0.477 e. The lowest BCUT2D eigenvalue weighted by molar-refractivity contribution is -0.121. The third-order valence-electron chi connectivity index (χ3n) is 2.71. The molecule has 0 radical (unpaired) electrons. The number of carboxylic acid groups (broad SMARTS) is 1. The predicted octanol–water partition coefficient (Wildman–Crippen LogP) is 1.01. The summed E-state index contributed by atoms with van der Waals surface area (Å²) in [5.41, 5.74) is 0.696. The minimum absolute atomic E-state index is 0.0929. The van der Waals surface area contributed by atoms with E-state index in [0.29, 0.717) is 12.2 Å². The van der Waals surface area contributed by atoms with Crippen LogP contribution in [0.2, 0.25) is 0 Å². The molecule has 0 saturated heterocycles. The maximum atomic E-state index is 11.9. The topological polar surface area (TPSA) is 115 Å². The lowest BCUT2D eigenvalue weighted by Gasteiger charge is -2.17. The van der Waals surface area contributed by atoms with Crippen LogP contribution in [0.3, 0.4) is 0 Å². The van der Waals surface area contributed by atoms with Crippen LogP contribution < -0.4 is 10.6 Å². The molecule has 0 fully saturated rings. The van der Waals surface area contributed by atoms with Gasteiger partial charge in [0.25, 0.3) is 0 Å². The van der Waals surface area contributed by atoms with E-state index in [4.69, 9.17) is 5.11 Å². The van der Waals surface area contributed by atoms with Crippen LogP contribution in [0.25, 0.3) is 0 Å². The molecule has 0 aliphatic rings. The van der Waals surface area contributed by atoms with Gasteiger partial charge in [0.1, 0.15) is 12.2 Å². The van der Waals surface area contributed by atoms with Crippen LogP contribution >= 0.6 is 0 Å². The summed E-state index contributed by atoms with van der Waals surface area (Å²) in [5.74, 6) is -1.43. The fourth-order valence-electron chi connectivity index (χ4n) is 1.67. The molecule has 0 unspecified atom stereocenters. The van der Waals surface area contributed by atoms with Gasteiger partial charge < -0.3 is 25.6 Å². The summed E-state index contributed by atoms with van der Waals surface area (Å²) in [5, 5.41) is 14.1. The maximum Gasteiger partial charge on any atom is 0.354 e. The Hall–Kier alpha value is -2.51. The molecule has 1 aromatic heterocycles. The number of carbonyl (C=O) groups excluding carboxylic acids is 2. The number of carbonyl (C=O) groups is 3. The number of carboxylic acids is 1. The minimum Gasteiger partial charge on any atom is -0.477 e. The van der Waals surface area contributed by atoms with Crippen LogP contribution in [0.1, 0.15) is 29.5 Å². The van der Waals surface area contributed by atoms with Crippen molar-refractivity contribution >= 4 is 23.6 Å². The SMILES string of the molecule is CCCNC(=O)CN(C)C(=O)Nc1cc(C)[nH]c1C(=O)O. The van der Waals surface area contributed by atoms with Gasteiger partial charge in [0, 0.05) is 19.3 Å². The summed E-state index contributed by atoms with van der Waals surface area (Å²) in [7, 11) is 1.46. The zero-order chi connectivity index (χ0) is 16.0. The van der Waals surface area contributed by atoms with E-state index >= 15 is 0 Å². The Morgan fingerprint density at radius 3 is 2.62 bits per heavy atom. The number of aromatic nitrogens is 1. The first-order valence-corrected chi connectivity index (χ1v) is 6.56. The van der Waals surface area contributed by atoms with Crippen LogP contribution in [-0.4, -0.2) is 53.0 Å². The molecule has 0 bridgehead atoms. The standard InChI is InChI=1S/C13H20N4O4/c1-4-5-14-10(18)7-17(3)13(21)16-9-6-8(2)15-11(9)12(19)20/h6,15H,4-5,7H2,1-3H3,(H,14,18)(H,16,21)(H,19,20). The highest BCUT2D eigenvalue weighted by molar-refractivity contribution is 5.99. The fraction of sp³-hybridized carbons (Fsp3) is 0.462. The Labute approximate surface area is 122 Å². The summed E-state index contributed by atoms with van der Waals surface area (Å²) in [6.07, 6.45) is 0.812. The average molecular weight is 296 g/mol. The van der Waals surface area contributed by atoms with Gasteiger partial charge in [-0.1, -0.05) is 6.92 Å². The molecule has 8 nitrogen and oxygen atoms in total. The second-order valence-electron chi connectivity index (χ2n) is 4.68. The van der Waals surface area contributed by atoms with Crippen molar-refractivity contribution in [1.29, 1.82) is 0 Å². The van der Waals surface area contributed by atoms with Crippen LogP contribution in [0.5, 0.6) is 0 Å². The van der Waals surface area contributed by atoms with Crippen molar-refractivity contribution in [3.63, 3.8) is 0 Å². The zero-order valence-electron chi connectivity index (χ0n) is 12.3. The summed E-state index contributed by atoms with van der Waals surface area (Å²) in [6.45, 7) is 4.06. The number of amides is 3. The van der Waals surface area contributed by atoms with Gasteiger partial charge in [-0.25, -0.2) is 9.59 Å². The summed E-state index contributed by atoms with van der Waals surface area (Å²) in [6, 6.07) is 0.968. The van der Waals surface area contributed by atoms with Crippen molar-refractivity contribution < 1.29 is 19.5 Å². The number of nitrogens with one attached hydrogen (secondary N) is 3. The van der Waals surface area contributed by atoms with Gasteiger partial charge in [0.15, 0.2) is 0 Å². The molecule has 0 aromatic carbocycles. The zero-order valence-corrected chi connectivity index (χ0v) is 12.3. The van der Waals surface area contributed by atoms with E-state index < -0.39 is 12.0 Å². The first kappa shape index (κ1) is 16.5. The number of aromatic carboxylic acids is 1. The van der Waals surface area contributed by atoms with Gasteiger partial charge in [0.05, 0.1) is 5.69 Å². The van der Waals surface area contributed by atoms with Gasteiger partial charge in [-0.15, -0.1) is 0 Å². The molecule has 116 valence electrons. The highest BCUT2D eigenvalue weighted by Crippen LogP contribution is 2.17. The second kappa shape index (κ2) is 7.32. The molecular weight excluding hydrogens is 276 g/mol. The molecule has 0 spiro atoms. The van der Waals surface area contributed by atoms with Gasteiger partial charge in [-0.2, -0.15) is 0 Å². The van der Waals surface area contributed by atoms with Crippen molar-refractivity contribution in [3.8, 4) is 0 Å². The maximum absolute atomic E-state index is 11.9. The van der Waals surface area contributed by atoms with Crippen LogP contribution in [0.4, 0.5) is 10.5 Å². The number of H-pyrrole nitrogens is 1. The van der Waals surface area contributed by atoms with Crippen molar-refractivity contribution in [2.24, 2.45) is 0 Å². The molecule has 1 aromatic rings. The van der Waals surface area contributed by atoms with Crippen molar-refractivity contribution in [2.45, 2.75) is 20.3 Å². The molecule has 0 aliphatic carbocycles. The normalized spacial score (nSPS) is 10.0. The molecule has 1 rings (SSSR count). The Balaban J connectivity index is 2.64. The lowest BCUT2D eigenvalue weighted by Crippen LogP contribution is -2.40. The number of likely N-dealkylation sites (N-methyl/N-ethyl adjacent to an activating group) is 1. The fourth-order valence-corrected chi connectivity index (χ4v) is 1.67.